The van der Waals surface area contributed by atoms with Gasteiger partial charge in [0.25, 0.3) is 0 Å². The molecule has 0 radical (unpaired) electrons. The van der Waals surface area contributed by atoms with E-state index in [0.717, 1.165) is 11.1 Å². The van der Waals surface area contributed by atoms with E-state index in [1.54, 1.807) is 11.0 Å². The Morgan fingerprint density at radius 3 is 2.40 bits per heavy atom. The second-order valence-corrected chi connectivity index (χ2v) is 4.14. The second kappa shape index (κ2) is 4.45. The van der Waals surface area contributed by atoms with Crippen LogP contribution < -0.4 is 0 Å². The van der Waals surface area contributed by atoms with Gasteiger partial charge in [0.2, 0.25) is 0 Å². The number of aromatic hydroxyl groups is 1. The van der Waals surface area contributed by atoms with E-state index in [-0.39, 0.29) is 11.5 Å². The summed E-state index contributed by atoms with van der Waals surface area (Å²) in [6, 6.07) is 3.53. The Balaban J connectivity index is 3.09. The van der Waals surface area contributed by atoms with Crippen LogP contribution in [0.15, 0.2) is 12.1 Å². The van der Waals surface area contributed by atoms with Crippen molar-refractivity contribution >= 4 is 5.78 Å². The molecule has 0 aromatic heterocycles. The van der Waals surface area contributed by atoms with E-state index in [1.165, 1.54) is 0 Å². The highest BCUT2D eigenvalue weighted by atomic mass is 16.3. The van der Waals surface area contributed by atoms with Gasteiger partial charge in [-0.05, 0) is 45.1 Å². The van der Waals surface area contributed by atoms with Gasteiger partial charge >= 0.3 is 0 Å². The highest BCUT2D eigenvalue weighted by Crippen LogP contribution is 2.23. The average molecular weight is 207 g/mol. The Bertz CT molecular complexity index is 360. The molecular formula is C12H17NO2. The molecule has 0 heterocycles. The van der Waals surface area contributed by atoms with E-state index in [4.69, 9.17) is 0 Å². The van der Waals surface area contributed by atoms with Crippen molar-refractivity contribution in [2.24, 2.45) is 0 Å². The number of carbonyl (C=O) groups excluding carboxylic acids is 1. The zero-order chi connectivity index (χ0) is 11.6. The third-order valence-electron chi connectivity index (χ3n) is 2.20. The van der Waals surface area contributed by atoms with Crippen LogP contribution in [0.3, 0.4) is 0 Å². The van der Waals surface area contributed by atoms with Crippen LogP contribution >= 0.6 is 0 Å². The van der Waals surface area contributed by atoms with Crippen molar-refractivity contribution < 1.29 is 9.90 Å². The first kappa shape index (κ1) is 11.7. The van der Waals surface area contributed by atoms with Gasteiger partial charge in [-0.25, -0.2) is 0 Å². The van der Waals surface area contributed by atoms with Gasteiger partial charge in [0, 0.05) is 0 Å². The van der Waals surface area contributed by atoms with Gasteiger partial charge in [0.1, 0.15) is 5.75 Å². The summed E-state index contributed by atoms with van der Waals surface area (Å²) in [5, 5.41) is 9.72. The highest BCUT2D eigenvalue weighted by Gasteiger charge is 2.15. The van der Waals surface area contributed by atoms with Crippen LogP contribution in [-0.4, -0.2) is 36.4 Å². The first-order valence-electron chi connectivity index (χ1n) is 4.90. The van der Waals surface area contributed by atoms with Gasteiger partial charge in [-0.3, -0.25) is 4.79 Å². The predicted octanol–water partition coefficient (Wildman–Crippen LogP) is 1.75. The minimum Gasteiger partial charge on any atom is -0.507 e. The molecule has 0 unspecified atom stereocenters. The molecule has 0 spiro atoms. The average Bonchev–Trinajstić information content (AvgIpc) is 1.99. The normalized spacial score (nSPS) is 10.7. The third kappa shape index (κ3) is 2.80. The molecular weight excluding hydrogens is 190 g/mol. The fraction of sp³-hybridized carbons (Fsp3) is 0.417. The van der Waals surface area contributed by atoms with Crippen LogP contribution in [0.4, 0.5) is 0 Å². The first-order chi connectivity index (χ1) is 6.91. The van der Waals surface area contributed by atoms with Crippen LogP contribution in [0.2, 0.25) is 0 Å². The van der Waals surface area contributed by atoms with Crippen molar-refractivity contribution in [2.45, 2.75) is 13.8 Å². The number of nitrogens with zero attached hydrogens (tertiary/aromatic N) is 1. The minimum absolute atomic E-state index is 0.0463. The summed E-state index contributed by atoms with van der Waals surface area (Å²) in [5.41, 5.74) is 2.24. The van der Waals surface area contributed by atoms with E-state index in [1.807, 2.05) is 34.0 Å². The van der Waals surface area contributed by atoms with Gasteiger partial charge in [-0.15, -0.1) is 0 Å². The molecule has 0 aliphatic rings. The fourth-order valence-electron chi connectivity index (χ4n) is 1.67. The topological polar surface area (TPSA) is 40.5 Å². The summed E-state index contributed by atoms with van der Waals surface area (Å²) in [7, 11) is 3.66. The number of hydrogen-bond acceptors (Lipinski definition) is 3. The van der Waals surface area contributed by atoms with Crippen molar-refractivity contribution in [1.29, 1.82) is 0 Å². The number of benzene rings is 1. The molecule has 0 amide bonds. The van der Waals surface area contributed by atoms with Crippen LogP contribution in [0.5, 0.6) is 5.75 Å². The van der Waals surface area contributed by atoms with E-state index < -0.39 is 0 Å². The number of likely N-dealkylation sites (N-methyl/N-ethyl adjacent to an activating group) is 1. The Hall–Kier alpha value is -1.35. The maximum Gasteiger partial charge on any atom is 0.180 e. The lowest BCUT2D eigenvalue weighted by molar-refractivity contribution is 0.0954. The molecule has 0 fully saturated rings. The Morgan fingerprint density at radius 1 is 1.33 bits per heavy atom. The lowest BCUT2D eigenvalue weighted by atomic mass is 10.0. The molecule has 1 rings (SSSR count). The maximum absolute atomic E-state index is 11.8. The Morgan fingerprint density at radius 2 is 1.93 bits per heavy atom. The molecule has 82 valence electrons. The SMILES string of the molecule is Cc1cc(C)c(C(=O)CN(C)C)c(O)c1. The molecule has 1 aromatic rings. The summed E-state index contributed by atoms with van der Waals surface area (Å²) in [5.74, 6) is 0.0364. The third-order valence-corrected chi connectivity index (χ3v) is 2.20. The van der Waals surface area contributed by atoms with Crippen LogP contribution in [0.25, 0.3) is 0 Å². The van der Waals surface area contributed by atoms with Gasteiger partial charge in [0.05, 0.1) is 12.1 Å². The standard InChI is InChI=1S/C12H17NO2/c1-8-5-9(2)12(10(14)6-8)11(15)7-13(3)4/h5-6,14H,7H2,1-4H3. The molecule has 3 nitrogen and oxygen atoms in total. The number of carbonyl (C=O) groups is 1. The van der Waals surface area contributed by atoms with Gasteiger partial charge in [-0.1, -0.05) is 6.07 Å². The number of phenols is 1. The highest BCUT2D eigenvalue weighted by molar-refractivity contribution is 6.01. The molecule has 3 heteroatoms. The molecule has 15 heavy (non-hydrogen) atoms. The molecule has 0 aliphatic heterocycles. The van der Waals surface area contributed by atoms with Gasteiger partial charge in [-0.2, -0.15) is 0 Å². The van der Waals surface area contributed by atoms with Gasteiger partial charge in [0.15, 0.2) is 5.78 Å². The number of Topliss-reactive ketones (excluding diaryl/α,β-unsaturated/α-hetero) is 1. The zero-order valence-electron chi connectivity index (χ0n) is 9.66. The second-order valence-electron chi connectivity index (χ2n) is 4.14. The van der Waals surface area contributed by atoms with Crippen LogP contribution in [-0.2, 0) is 0 Å². The summed E-state index contributed by atoms with van der Waals surface area (Å²) in [6.45, 7) is 4.06. The minimum atomic E-state index is -0.0463. The number of hydrogen-bond donors (Lipinski definition) is 1. The predicted molar refractivity (Wildman–Crippen MR) is 60.5 cm³/mol. The summed E-state index contributed by atoms with van der Waals surface area (Å²) in [4.78, 5) is 13.6. The summed E-state index contributed by atoms with van der Waals surface area (Å²) >= 11 is 0. The largest absolute Gasteiger partial charge is 0.507 e. The molecule has 0 bridgehead atoms. The van der Waals surface area contributed by atoms with E-state index >= 15 is 0 Å². The van der Waals surface area contributed by atoms with Gasteiger partial charge < -0.3 is 10.0 Å². The molecule has 0 aliphatic carbocycles. The molecule has 0 saturated carbocycles. The first-order valence-corrected chi connectivity index (χ1v) is 4.90. The molecule has 0 atom stereocenters. The molecule has 1 aromatic carbocycles. The Labute approximate surface area is 90.3 Å². The van der Waals surface area contributed by atoms with Crippen molar-refractivity contribution in [2.75, 3.05) is 20.6 Å². The number of rotatable bonds is 3. The van der Waals surface area contributed by atoms with E-state index in [9.17, 15) is 9.90 Å². The van der Waals surface area contributed by atoms with E-state index in [0.29, 0.717) is 12.1 Å². The van der Waals surface area contributed by atoms with Crippen molar-refractivity contribution in [3.05, 3.63) is 28.8 Å². The quantitative estimate of drug-likeness (QED) is 0.768. The summed E-state index contributed by atoms with van der Waals surface area (Å²) in [6.07, 6.45) is 0. The van der Waals surface area contributed by atoms with Crippen LogP contribution in [0, 0.1) is 13.8 Å². The van der Waals surface area contributed by atoms with E-state index in [2.05, 4.69) is 0 Å². The monoisotopic (exact) mass is 207 g/mol. The smallest absolute Gasteiger partial charge is 0.180 e. The number of aryl methyl sites for hydroxylation is 2. The van der Waals surface area contributed by atoms with Crippen molar-refractivity contribution in [3.8, 4) is 5.75 Å². The van der Waals surface area contributed by atoms with Crippen molar-refractivity contribution in [1.82, 2.24) is 4.90 Å². The molecule has 1 N–H and O–H groups in total. The zero-order valence-corrected chi connectivity index (χ0v) is 9.66. The number of phenolic OH excluding ortho intramolecular Hbond substituents is 1. The summed E-state index contributed by atoms with van der Waals surface area (Å²) < 4.78 is 0. The fourth-order valence-corrected chi connectivity index (χ4v) is 1.67. The van der Waals surface area contributed by atoms with Crippen molar-refractivity contribution in [3.63, 3.8) is 0 Å². The van der Waals surface area contributed by atoms with Crippen LogP contribution in [0.1, 0.15) is 21.5 Å². The maximum atomic E-state index is 11.8. The number of ketones is 1. The lowest BCUT2D eigenvalue weighted by Gasteiger charge is -2.12. The molecule has 0 saturated heterocycles. The Kier molecular flexibility index (Phi) is 3.48. The lowest BCUT2D eigenvalue weighted by Crippen LogP contribution is -2.22.